The Morgan fingerprint density at radius 1 is 0.957 bits per heavy atom. The number of hydrogen-bond donors (Lipinski definition) is 3. The molecule has 0 aliphatic heterocycles. The van der Waals surface area contributed by atoms with Crippen molar-refractivity contribution in [2.24, 2.45) is 5.92 Å². The molecule has 0 fully saturated rings. The van der Waals surface area contributed by atoms with Crippen LogP contribution in [-0.2, 0) is 4.79 Å². The average Bonchev–Trinajstić information content (AvgIpc) is 2.57. The number of carbonyl (C=O) groups excluding carboxylic acids is 1. The van der Waals surface area contributed by atoms with Gasteiger partial charge in [-0.1, -0.05) is 37.3 Å². The van der Waals surface area contributed by atoms with Gasteiger partial charge in [-0.25, -0.2) is 0 Å². The quantitative estimate of drug-likeness (QED) is 0.731. The highest BCUT2D eigenvalue weighted by molar-refractivity contribution is 5.92. The van der Waals surface area contributed by atoms with E-state index >= 15 is 0 Å². The molecule has 23 heavy (non-hydrogen) atoms. The molecule has 0 saturated carbocycles. The molecular weight excluding hydrogens is 286 g/mol. The molecule has 4 heteroatoms. The molecule has 2 aromatic carbocycles. The van der Waals surface area contributed by atoms with Crippen LogP contribution in [0.15, 0.2) is 54.6 Å². The average molecular weight is 311 g/mol. The third kappa shape index (κ3) is 5.11. The molecule has 0 radical (unpaired) electrons. The minimum absolute atomic E-state index is 0.0257. The summed E-state index contributed by atoms with van der Waals surface area (Å²) in [6.07, 6.45) is 0. The van der Waals surface area contributed by atoms with Crippen molar-refractivity contribution in [3.8, 4) is 0 Å². The van der Waals surface area contributed by atoms with E-state index < -0.39 is 0 Å². The summed E-state index contributed by atoms with van der Waals surface area (Å²) in [7, 11) is 1.85. The highest BCUT2D eigenvalue weighted by Crippen LogP contribution is 2.20. The zero-order chi connectivity index (χ0) is 16.7. The van der Waals surface area contributed by atoms with E-state index in [0.29, 0.717) is 6.54 Å². The van der Waals surface area contributed by atoms with Crippen LogP contribution < -0.4 is 16.0 Å². The topological polar surface area (TPSA) is 53.2 Å². The second kappa shape index (κ2) is 8.34. The largest absolute Gasteiger partial charge is 0.379 e. The molecule has 122 valence electrons. The van der Waals surface area contributed by atoms with Gasteiger partial charge in [0.1, 0.15) is 0 Å². The van der Waals surface area contributed by atoms with Gasteiger partial charge in [-0.2, -0.15) is 0 Å². The number of rotatable bonds is 7. The second-order valence-electron chi connectivity index (χ2n) is 5.80. The van der Waals surface area contributed by atoms with Crippen molar-refractivity contribution in [3.05, 3.63) is 60.2 Å². The summed E-state index contributed by atoms with van der Waals surface area (Å²) in [5.74, 6) is -0.0337. The summed E-state index contributed by atoms with van der Waals surface area (Å²) in [6, 6.07) is 18.3. The highest BCUT2D eigenvalue weighted by Gasteiger charge is 2.11. The lowest BCUT2D eigenvalue weighted by molar-refractivity contribution is -0.119. The zero-order valence-corrected chi connectivity index (χ0v) is 14.0. The van der Waals surface area contributed by atoms with Crippen LogP contribution in [0, 0.1) is 5.92 Å². The molecule has 0 aliphatic carbocycles. The van der Waals surface area contributed by atoms with Crippen molar-refractivity contribution in [3.63, 3.8) is 0 Å². The lowest BCUT2D eigenvalue weighted by Crippen LogP contribution is -2.28. The van der Waals surface area contributed by atoms with E-state index in [9.17, 15) is 4.79 Å². The summed E-state index contributed by atoms with van der Waals surface area (Å²) in [5, 5.41) is 9.40. The molecule has 4 nitrogen and oxygen atoms in total. The van der Waals surface area contributed by atoms with E-state index in [2.05, 4.69) is 35.0 Å². The van der Waals surface area contributed by atoms with Crippen molar-refractivity contribution in [1.82, 2.24) is 5.32 Å². The molecule has 2 atom stereocenters. The van der Waals surface area contributed by atoms with Crippen LogP contribution in [0.4, 0.5) is 11.4 Å². The first-order chi connectivity index (χ1) is 11.1. The van der Waals surface area contributed by atoms with Crippen LogP contribution in [0.5, 0.6) is 0 Å². The molecule has 0 aliphatic rings. The first-order valence-electron chi connectivity index (χ1n) is 7.97. The van der Waals surface area contributed by atoms with E-state index in [0.717, 1.165) is 11.4 Å². The standard InChI is InChI=1S/C19H25N3O/c1-14(13-20-3)19(23)22-18-11-9-17(10-12-18)21-15(2)16-7-5-4-6-8-16/h4-12,14-15,20-21H,13H2,1-3H3,(H,22,23). The number of amides is 1. The molecule has 0 spiro atoms. The number of hydrogen-bond acceptors (Lipinski definition) is 3. The van der Waals surface area contributed by atoms with Crippen molar-refractivity contribution >= 4 is 17.3 Å². The summed E-state index contributed by atoms with van der Waals surface area (Å²) in [6.45, 7) is 4.70. The van der Waals surface area contributed by atoms with Gasteiger partial charge in [0, 0.05) is 29.9 Å². The maximum absolute atomic E-state index is 12.0. The van der Waals surface area contributed by atoms with Gasteiger partial charge in [0.15, 0.2) is 0 Å². The molecule has 2 aromatic rings. The Bertz CT molecular complexity index is 610. The van der Waals surface area contributed by atoms with Gasteiger partial charge in [0.25, 0.3) is 0 Å². The first-order valence-corrected chi connectivity index (χ1v) is 7.97. The van der Waals surface area contributed by atoms with Crippen molar-refractivity contribution in [1.29, 1.82) is 0 Å². The molecule has 0 heterocycles. The fourth-order valence-electron chi connectivity index (χ4n) is 2.39. The molecule has 3 N–H and O–H groups in total. The van der Waals surface area contributed by atoms with Gasteiger partial charge < -0.3 is 16.0 Å². The minimum Gasteiger partial charge on any atom is -0.379 e. The Morgan fingerprint density at radius 2 is 1.57 bits per heavy atom. The molecular formula is C19H25N3O. The van der Waals surface area contributed by atoms with Crippen LogP contribution in [-0.4, -0.2) is 19.5 Å². The lowest BCUT2D eigenvalue weighted by atomic mass is 10.1. The number of nitrogens with one attached hydrogen (secondary N) is 3. The molecule has 2 unspecified atom stereocenters. The Kier molecular flexibility index (Phi) is 6.18. The van der Waals surface area contributed by atoms with Crippen LogP contribution in [0.1, 0.15) is 25.5 Å². The maximum Gasteiger partial charge on any atom is 0.228 e. The van der Waals surface area contributed by atoms with E-state index in [1.165, 1.54) is 5.56 Å². The predicted octanol–water partition coefficient (Wildman–Crippen LogP) is 3.65. The van der Waals surface area contributed by atoms with Crippen LogP contribution in [0.25, 0.3) is 0 Å². The molecule has 0 saturated heterocycles. The predicted molar refractivity (Wildman–Crippen MR) is 96.6 cm³/mol. The SMILES string of the molecule is CNCC(C)C(=O)Nc1ccc(NC(C)c2ccccc2)cc1. The zero-order valence-electron chi connectivity index (χ0n) is 14.0. The van der Waals surface area contributed by atoms with Crippen molar-refractivity contribution in [2.45, 2.75) is 19.9 Å². The summed E-state index contributed by atoms with van der Waals surface area (Å²) >= 11 is 0. The Labute approximate surface area is 138 Å². The molecule has 1 amide bonds. The van der Waals surface area contributed by atoms with E-state index in [1.54, 1.807) is 0 Å². The van der Waals surface area contributed by atoms with Gasteiger partial charge in [-0.3, -0.25) is 4.79 Å². The maximum atomic E-state index is 12.0. The van der Waals surface area contributed by atoms with Crippen molar-refractivity contribution < 1.29 is 4.79 Å². The summed E-state index contributed by atoms with van der Waals surface area (Å²) in [5.41, 5.74) is 3.09. The number of benzene rings is 2. The van der Waals surface area contributed by atoms with E-state index in [-0.39, 0.29) is 17.9 Å². The fraction of sp³-hybridized carbons (Fsp3) is 0.316. The monoisotopic (exact) mass is 311 g/mol. The van der Waals surface area contributed by atoms with Gasteiger partial charge in [-0.15, -0.1) is 0 Å². The first kappa shape index (κ1) is 17.0. The number of carbonyl (C=O) groups is 1. The Hall–Kier alpha value is -2.33. The summed E-state index contributed by atoms with van der Waals surface area (Å²) in [4.78, 5) is 12.0. The van der Waals surface area contributed by atoms with Crippen LogP contribution in [0.2, 0.25) is 0 Å². The fourth-order valence-corrected chi connectivity index (χ4v) is 2.39. The van der Waals surface area contributed by atoms with Gasteiger partial charge in [-0.05, 0) is 43.8 Å². The van der Waals surface area contributed by atoms with E-state index in [1.807, 2.05) is 56.4 Å². The normalized spacial score (nSPS) is 13.2. The highest BCUT2D eigenvalue weighted by atomic mass is 16.1. The molecule has 2 rings (SSSR count). The van der Waals surface area contributed by atoms with E-state index in [4.69, 9.17) is 0 Å². The third-order valence-electron chi connectivity index (χ3n) is 3.79. The second-order valence-corrected chi connectivity index (χ2v) is 5.80. The summed E-state index contributed by atoms with van der Waals surface area (Å²) < 4.78 is 0. The lowest BCUT2D eigenvalue weighted by Gasteiger charge is -2.16. The van der Waals surface area contributed by atoms with Crippen LogP contribution in [0.3, 0.4) is 0 Å². The smallest absolute Gasteiger partial charge is 0.228 e. The molecule has 0 bridgehead atoms. The van der Waals surface area contributed by atoms with Gasteiger partial charge >= 0.3 is 0 Å². The van der Waals surface area contributed by atoms with Gasteiger partial charge in [0.2, 0.25) is 5.91 Å². The third-order valence-corrected chi connectivity index (χ3v) is 3.79. The minimum atomic E-state index is -0.0593. The Balaban J connectivity index is 1.93. The number of anilines is 2. The molecule has 0 aromatic heterocycles. The van der Waals surface area contributed by atoms with Crippen LogP contribution >= 0.6 is 0 Å². The van der Waals surface area contributed by atoms with Crippen molar-refractivity contribution in [2.75, 3.05) is 24.2 Å². The van der Waals surface area contributed by atoms with Gasteiger partial charge in [0.05, 0.1) is 0 Å². The Morgan fingerprint density at radius 3 is 2.17 bits per heavy atom.